The molecule has 190 valence electrons. The number of hydrogen-bond donors (Lipinski definition) is 1. The van der Waals surface area contributed by atoms with E-state index >= 15 is 0 Å². The lowest BCUT2D eigenvalue weighted by atomic mass is 10.0. The first-order chi connectivity index (χ1) is 15.8. The summed E-state index contributed by atoms with van der Waals surface area (Å²) in [4.78, 5) is 2.38. The molecule has 0 bridgehead atoms. The summed E-state index contributed by atoms with van der Waals surface area (Å²) in [7, 11) is 2.19. The highest BCUT2D eigenvalue weighted by atomic mass is 15.1. The molecule has 0 amide bonds. The minimum Gasteiger partial charge on any atom is -0.330 e. The maximum Gasteiger partial charge on any atom is 0.00129 e. The number of unbranched alkanes of at least 4 members (excludes halogenated alkanes) is 17. The van der Waals surface area contributed by atoms with Gasteiger partial charge in [-0.05, 0) is 71.5 Å². The second-order valence-corrected chi connectivity index (χ2v) is 9.85. The van der Waals surface area contributed by atoms with Crippen molar-refractivity contribution < 1.29 is 0 Å². The Hall–Kier alpha value is -0.600. The third-order valence-corrected chi connectivity index (χ3v) is 6.47. The molecule has 0 aliphatic heterocycles. The van der Waals surface area contributed by atoms with Crippen LogP contribution in [0.2, 0.25) is 0 Å². The smallest absolute Gasteiger partial charge is 0.00129 e. The van der Waals surface area contributed by atoms with Gasteiger partial charge in [-0.3, -0.25) is 0 Å². The monoisotopic (exact) mass is 448 g/mol. The predicted molar refractivity (Wildman–Crippen MR) is 147 cm³/mol. The van der Waals surface area contributed by atoms with Crippen molar-refractivity contribution >= 4 is 0 Å². The second-order valence-electron chi connectivity index (χ2n) is 9.85. The summed E-state index contributed by atoms with van der Waals surface area (Å²) in [6.45, 7) is 5.38. The van der Waals surface area contributed by atoms with E-state index in [4.69, 9.17) is 5.73 Å². The second kappa shape index (κ2) is 28.4. The number of nitrogens with two attached hydrogens (primary N) is 1. The van der Waals surface area contributed by atoms with E-state index in [1.165, 1.54) is 128 Å². The first-order valence-corrected chi connectivity index (χ1v) is 14.5. The molecule has 0 rings (SSSR count). The summed E-state index contributed by atoms with van der Waals surface area (Å²) in [5.41, 5.74) is 5.55. The SMILES string of the molecule is CCCCCCCCC=CCCCCCCCCCCCCC=CCCN(C)CCCN. The fourth-order valence-corrected chi connectivity index (χ4v) is 4.22. The normalized spacial score (nSPS) is 12.1. The largest absolute Gasteiger partial charge is 0.330 e. The molecule has 0 aromatic carbocycles. The summed E-state index contributed by atoms with van der Waals surface area (Å²) in [6.07, 6.45) is 38.5. The molecule has 2 N–H and O–H groups in total. The van der Waals surface area contributed by atoms with Crippen LogP contribution in [0.3, 0.4) is 0 Å². The fraction of sp³-hybridized carbons (Fsp3) is 0.867. The third-order valence-electron chi connectivity index (χ3n) is 6.47. The van der Waals surface area contributed by atoms with Crippen molar-refractivity contribution in [2.75, 3.05) is 26.7 Å². The molecule has 2 heteroatoms. The van der Waals surface area contributed by atoms with Crippen molar-refractivity contribution in [2.24, 2.45) is 5.73 Å². The zero-order chi connectivity index (χ0) is 23.4. The Kier molecular flexibility index (Phi) is 27.9. The number of allylic oxidation sites excluding steroid dienone is 3. The minimum absolute atomic E-state index is 0.803. The zero-order valence-corrected chi connectivity index (χ0v) is 22.3. The molecular formula is C30H60N2. The van der Waals surface area contributed by atoms with E-state index in [0.717, 1.165) is 26.1 Å². The molecule has 0 heterocycles. The van der Waals surface area contributed by atoms with Crippen molar-refractivity contribution in [1.29, 1.82) is 0 Å². The molecule has 32 heavy (non-hydrogen) atoms. The highest BCUT2D eigenvalue weighted by molar-refractivity contribution is 4.82. The Labute approximate surface area is 203 Å². The van der Waals surface area contributed by atoms with Crippen LogP contribution < -0.4 is 5.73 Å². The van der Waals surface area contributed by atoms with Crippen LogP contribution in [0.1, 0.15) is 142 Å². The molecule has 0 atom stereocenters. The Morgan fingerprint density at radius 1 is 0.469 bits per heavy atom. The first kappa shape index (κ1) is 31.4. The lowest BCUT2D eigenvalue weighted by Crippen LogP contribution is -2.22. The molecule has 2 nitrogen and oxygen atoms in total. The van der Waals surface area contributed by atoms with Crippen LogP contribution in [0.25, 0.3) is 0 Å². The van der Waals surface area contributed by atoms with Gasteiger partial charge >= 0.3 is 0 Å². The van der Waals surface area contributed by atoms with Crippen molar-refractivity contribution in [3.05, 3.63) is 24.3 Å². The van der Waals surface area contributed by atoms with E-state index in [1.807, 2.05) is 0 Å². The van der Waals surface area contributed by atoms with Crippen LogP contribution in [-0.2, 0) is 0 Å². The molecule has 0 unspecified atom stereocenters. The van der Waals surface area contributed by atoms with Gasteiger partial charge in [0.1, 0.15) is 0 Å². The molecular weight excluding hydrogens is 388 g/mol. The molecule has 0 fully saturated rings. The van der Waals surface area contributed by atoms with Crippen LogP contribution in [0, 0.1) is 0 Å². The van der Waals surface area contributed by atoms with Gasteiger partial charge in [-0.15, -0.1) is 0 Å². The number of rotatable bonds is 26. The van der Waals surface area contributed by atoms with Gasteiger partial charge < -0.3 is 10.6 Å². The van der Waals surface area contributed by atoms with Crippen molar-refractivity contribution in [2.45, 2.75) is 142 Å². The topological polar surface area (TPSA) is 29.3 Å². The zero-order valence-electron chi connectivity index (χ0n) is 22.3. The average molecular weight is 449 g/mol. The Morgan fingerprint density at radius 2 is 0.844 bits per heavy atom. The third kappa shape index (κ3) is 27.4. The fourth-order valence-electron chi connectivity index (χ4n) is 4.22. The lowest BCUT2D eigenvalue weighted by Gasteiger charge is -2.14. The van der Waals surface area contributed by atoms with E-state index in [9.17, 15) is 0 Å². The summed E-state index contributed by atoms with van der Waals surface area (Å²) in [5.74, 6) is 0. The molecule has 0 aromatic heterocycles. The van der Waals surface area contributed by atoms with Gasteiger partial charge in [0.2, 0.25) is 0 Å². The summed E-state index contributed by atoms with van der Waals surface area (Å²) in [5, 5.41) is 0. The molecule has 0 aliphatic carbocycles. The van der Waals surface area contributed by atoms with Crippen LogP contribution in [0.4, 0.5) is 0 Å². The maximum atomic E-state index is 5.55. The molecule has 0 saturated heterocycles. The van der Waals surface area contributed by atoms with Crippen LogP contribution in [0.5, 0.6) is 0 Å². The number of hydrogen-bond acceptors (Lipinski definition) is 2. The average Bonchev–Trinajstić information content (AvgIpc) is 2.80. The van der Waals surface area contributed by atoms with Crippen LogP contribution in [-0.4, -0.2) is 31.6 Å². The molecule has 0 radical (unpaired) electrons. The molecule has 0 aromatic rings. The Morgan fingerprint density at radius 3 is 1.25 bits per heavy atom. The van der Waals surface area contributed by atoms with Gasteiger partial charge in [-0.2, -0.15) is 0 Å². The lowest BCUT2D eigenvalue weighted by molar-refractivity contribution is 0.338. The van der Waals surface area contributed by atoms with Crippen molar-refractivity contribution in [3.63, 3.8) is 0 Å². The highest BCUT2D eigenvalue weighted by Crippen LogP contribution is 2.13. The van der Waals surface area contributed by atoms with Crippen LogP contribution >= 0.6 is 0 Å². The standard InChI is InChI=1S/C30H60N2/c1-3-4-5-6-7-8-9-10-11-12-13-14-15-16-17-18-19-20-21-22-23-24-25-26-29-32(2)30-27-28-31/h10-11,24-25H,3-9,12-23,26-31H2,1-2H3. The van der Waals surface area contributed by atoms with E-state index in [0.29, 0.717) is 0 Å². The first-order valence-electron chi connectivity index (χ1n) is 14.5. The van der Waals surface area contributed by atoms with Gasteiger partial charge in [0.25, 0.3) is 0 Å². The summed E-state index contributed by atoms with van der Waals surface area (Å²) < 4.78 is 0. The number of nitrogens with zero attached hydrogens (tertiary/aromatic N) is 1. The quantitative estimate of drug-likeness (QED) is 0.105. The minimum atomic E-state index is 0.803. The Bertz CT molecular complexity index is 388. The Balaban J connectivity index is 3.16. The predicted octanol–water partition coefficient (Wildman–Crippen LogP) is 9.20. The van der Waals surface area contributed by atoms with Crippen molar-refractivity contribution in [1.82, 2.24) is 4.90 Å². The molecule has 0 aliphatic rings. The molecule has 0 saturated carbocycles. The van der Waals surface area contributed by atoms with E-state index in [2.05, 4.69) is 43.2 Å². The van der Waals surface area contributed by atoms with Crippen molar-refractivity contribution in [3.8, 4) is 0 Å². The van der Waals surface area contributed by atoms with Crippen LogP contribution in [0.15, 0.2) is 24.3 Å². The summed E-state index contributed by atoms with van der Waals surface area (Å²) >= 11 is 0. The maximum absolute atomic E-state index is 5.55. The molecule has 0 spiro atoms. The van der Waals surface area contributed by atoms with Gasteiger partial charge in [-0.1, -0.05) is 115 Å². The van der Waals surface area contributed by atoms with Gasteiger partial charge in [-0.25, -0.2) is 0 Å². The van der Waals surface area contributed by atoms with Gasteiger partial charge in [0, 0.05) is 6.54 Å². The van der Waals surface area contributed by atoms with E-state index in [-0.39, 0.29) is 0 Å². The van der Waals surface area contributed by atoms with E-state index in [1.54, 1.807) is 0 Å². The highest BCUT2D eigenvalue weighted by Gasteiger charge is 1.95. The van der Waals surface area contributed by atoms with Gasteiger partial charge in [0.05, 0.1) is 0 Å². The van der Waals surface area contributed by atoms with E-state index < -0.39 is 0 Å². The van der Waals surface area contributed by atoms with Gasteiger partial charge in [0.15, 0.2) is 0 Å². The summed E-state index contributed by atoms with van der Waals surface area (Å²) in [6, 6.07) is 0.